The minimum Gasteiger partial charge on any atom is -0.490 e. The Morgan fingerprint density at radius 3 is 2.36 bits per heavy atom. The first kappa shape index (κ1) is 25.5. The molecule has 8 heteroatoms. The predicted octanol–water partition coefficient (Wildman–Crippen LogP) is 4.09. The van der Waals surface area contributed by atoms with E-state index in [1.54, 1.807) is 36.4 Å². The number of nitrogens with one attached hydrogen (secondary N) is 2. The third-order valence-corrected chi connectivity index (χ3v) is 7.23. The number of hydrogen-bond acceptors (Lipinski definition) is 5. The van der Waals surface area contributed by atoms with E-state index in [1.807, 2.05) is 13.8 Å². The molecule has 4 rings (SSSR count). The summed E-state index contributed by atoms with van der Waals surface area (Å²) in [6.07, 6.45) is 3.33. The van der Waals surface area contributed by atoms with E-state index in [0.29, 0.717) is 53.0 Å². The van der Waals surface area contributed by atoms with Gasteiger partial charge in [0, 0.05) is 17.7 Å². The van der Waals surface area contributed by atoms with Gasteiger partial charge in [0.2, 0.25) is 0 Å². The van der Waals surface area contributed by atoms with Gasteiger partial charge in [-0.15, -0.1) is 0 Å². The number of hydrogen-bond donors (Lipinski definition) is 2. The molecule has 0 unspecified atom stereocenters. The second-order valence-electron chi connectivity index (χ2n) is 9.58. The Balaban J connectivity index is 1.56. The van der Waals surface area contributed by atoms with Crippen LogP contribution in [0.25, 0.3) is 10.9 Å². The molecule has 0 saturated heterocycles. The number of amides is 1. The van der Waals surface area contributed by atoms with E-state index in [2.05, 4.69) is 24.1 Å². The van der Waals surface area contributed by atoms with E-state index in [9.17, 15) is 14.4 Å². The highest BCUT2D eigenvalue weighted by Crippen LogP contribution is 2.31. The van der Waals surface area contributed by atoms with E-state index in [1.165, 1.54) is 6.42 Å². The van der Waals surface area contributed by atoms with Crippen LogP contribution in [0.5, 0.6) is 11.5 Å². The summed E-state index contributed by atoms with van der Waals surface area (Å²) in [6, 6.07) is 10.5. The van der Waals surface area contributed by atoms with Crippen LogP contribution in [0, 0.1) is 11.8 Å². The van der Waals surface area contributed by atoms with E-state index < -0.39 is 11.2 Å². The third kappa shape index (κ3) is 5.32. The Hall–Kier alpha value is -3.55. The second-order valence-corrected chi connectivity index (χ2v) is 9.58. The Labute approximate surface area is 210 Å². The summed E-state index contributed by atoms with van der Waals surface area (Å²) in [7, 11) is 0. The zero-order valence-corrected chi connectivity index (χ0v) is 21.4. The minimum atomic E-state index is -0.513. The molecule has 2 N–H and O–H groups in total. The lowest BCUT2D eigenvalue weighted by atomic mass is 9.78. The van der Waals surface area contributed by atoms with Crippen molar-refractivity contribution in [3.8, 4) is 11.5 Å². The first-order valence-corrected chi connectivity index (χ1v) is 12.8. The maximum Gasteiger partial charge on any atom is 0.329 e. The Bertz CT molecular complexity index is 1340. The van der Waals surface area contributed by atoms with Crippen molar-refractivity contribution in [3.05, 3.63) is 68.4 Å². The predicted molar refractivity (Wildman–Crippen MR) is 140 cm³/mol. The highest BCUT2D eigenvalue weighted by atomic mass is 16.5. The Morgan fingerprint density at radius 2 is 1.69 bits per heavy atom. The molecule has 1 fully saturated rings. The van der Waals surface area contributed by atoms with Crippen molar-refractivity contribution in [2.45, 2.75) is 59.5 Å². The number of nitrogens with zero attached hydrogens (tertiary/aromatic N) is 1. The van der Waals surface area contributed by atoms with Crippen LogP contribution >= 0.6 is 0 Å². The van der Waals surface area contributed by atoms with E-state index >= 15 is 0 Å². The fourth-order valence-electron chi connectivity index (χ4n) is 4.92. The summed E-state index contributed by atoms with van der Waals surface area (Å²) < 4.78 is 12.4. The molecule has 1 aliphatic rings. The van der Waals surface area contributed by atoms with Crippen molar-refractivity contribution in [2.24, 2.45) is 11.8 Å². The smallest absolute Gasteiger partial charge is 0.329 e. The van der Waals surface area contributed by atoms with Gasteiger partial charge in [0.05, 0.1) is 30.7 Å². The topological polar surface area (TPSA) is 102 Å². The van der Waals surface area contributed by atoms with Crippen LogP contribution in [0.3, 0.4) is 0 Å². The monoisotopic (exact) mass is 493 g/mol. The fourth-order valence-corrected chi connectivity index (χ4v) is 4.92. The summed E-state index contributed by atoms with van der Waals surface area (Å²) in [6.45, 7) is 9.08. The highest BCUT2D eigenvalue weighted by Gasteiger charge is 2.28. The van der Waals surface area contributed by atoms with Gasteiger partial charge in [0.25, 0.3) is 11.5 Å². The van der Waals surface area contributed by atoms with Crippen LogP contribution in [0.1, 0.15) is 62.9 Å². The Morgan fingerprint density at radius 1 is 1.03 bits per heavy atom. The maximum atomic E-state index is 13.2. The zero-order chi connectivity index (χ0) is 25.8. The van der Waals surface area contributed by atoms with Crippen molar-refractivity contribution >= 4 is 16.8 Å². The van der Waals surface area contributed by atoms with Crippen molar-refractivity contribution in [1.29, 1.82) is 0 Å². The number of aromatic amines is 1. The normalized spacial score (nSPS) is 19.7. The van der Waals surface area contributed by atoms with E-state index in [0.717, 1.165) is 23.0 Å². The molecule has 192 valence electrons. The minimum absolute atomic E-state index is 0.0837. The number of carbonyl (C=O) groups is 1. The first-order chi connectivity index (χ1) is 17.3. The van der Waals surface area contributed by atoms with Crippen LogP contribution in [-0.4, -0.2) is 34.7 Å². The number of aromatic nitrogens is 2. The van der Waals surface area contributed by atoms with Gasteiger partial charge in [0.1, 0.15) is 0 Å². The van der Waals surface area contributed by atoms with Crippen LogP contribution in [0.4, 0.5) is 0 Å². The molecule has 0 radical (unpaired) electrons. The van der Waals surface area contributed by atoms with Crippen LogP contribution in [0.2, 0.25) is 0 Å². The molecule has 1 heterocycles. The summed E-state index contributed by atoms with van der Waals surface area (Å²) in [5.41, 5.74) is 0.774. The van der Waals surface area contributed by atoms with Crippen LogP contribution in [-0.2, 0) is 6.54 Å². The van der Waals surface area contributed by atoms with E-state index in [-0.39, 0.29) is 18.5 Å². The molecule has 1 aliphatic carbocycles. The lowest BCUT2D eigenvalue weighted by molar-refractivity contribution is 0.0891. The van der Waals surface area contributed by atoms with E-state index in [4.69, 9.17) is 9.47 Å². The number of fused-ring (bicyclic) bond motifs is 1. The molecule has 0 bridgehead atoms. The highest BCUT2D eigenvalue weighted by molar-refractivity contribution is 5.94. The van der Waals surface area contributed by atoms with Gasteiger partial charge in [0.15, 0.2) is 11.5 Å². The maximum absolute atomic E-state index is 13.2. The molecule has 1 saturated carbocycles. The van der Waals surface area contributed by atoms with Crippen LogP contribution < -0.4 is 26.0 Å². The van der Waals surface area contributed by atoms with Gasteiger partial charge < -0.3 is 19.8 Å². The fraction of sp³-hybridized carbons (Fsp3) is 0.464. The molecule has 36 heavy (non-hydrogen) atoms. The molecular weight excluding hydrogens is 458 g/mol. The SMILES string of the molecule is CCOc1cc2[nH]c(=O)n(Cc3ccc(C(=O)N[C@@H]4CCC[C@@H](C)[C@H]4C)cc3)c(=O)c2cc1OCC. The standard InChI is InChI=1S/C28H35N3O5/c1-5-35-24-14-21-23(15-25(24)36-6-2)30-28(34)31(27(21)33)16-19-10-12-20(13-11-19)26(32)29-22-9-7-8-17(3)18(22)4/h10-15,17-18,22H,5-9,16H2,1-4H3,(H,29,32)(H,30,34)/t17-,18-,22-/m1/s1. The average molecular weight is 494 g/mol. The molecule has 8 nitrogen and oxygen atoms in total. The summed E-state index contributed by atoms with van der Waals surface area (Å²) in [5, 5.41) is 3.52. The summed E-state index contributed by atoms with van der Waals surface area (Å²) >= 11 is 0. The number of carbonyl (C=O) groups excluding carboxylic acids is 1. The van der Waals surface area contributed by atoms with Crippen molar-refractivity contribution in [2.75, 3.05) is 13.2 Å². The molecule has 0 aliphatic heterocycles. The lowest BCUT2D eigenvalue weighted by Gasteiger charge is -2.34. The largest absolute Gasteiger partial charge is 0.490 e. The van der Waals surface area contributed by atoms with Crippen molar-refractivity contribution in [1.82, 2.24) is 14.9 Å². The number of rotatable bonds is 8. The molecule has 3 aromatic rings. The second kappa shape index (κ2) is 11.0. The van der Waals surface area contributed by atoms with Crippen LogP contribution in [0.15, 0.2) is 46.0 Å². The first-order valence-electron chi connectivity index (χ1n) is 12.8. The van der Waals surface area contributed by atoms with Gasteiger partial charge in [-0.25, -0.2) is 4.79 Å². The molecule has 3 atom stereocenters. The van der Waals surface area contributed by atoms with Crippen molar-refractivity contribution in [3.63, 3.8) is 0 Å². The van der Waals surface area contributed by atoms with Gasteiger partial charge in [-0.1, -0.05) is 38.8 Å². The third-order valence-electron chi connectivity index (χ3n) is 7.23. The molecular formula is C28H35N3O5. The number of benzene rings is 2. The Kier molecular flexibility index (Phi) is 7.82. The lowest BCUT2D eigenvalue weighted by Crippen LogP contribution is -2.43. The molecule has 0 spiro atoms. The summed E-state index contributed by atoms with van der Waals surface area (Å²) in [5.74, 6) is 1.88. The number of H-pyrrole nitrogens is 1. The van der Waals surface area contributed by atoms with Crippen molar-refractivity contribution < 1.29 is 14.3 Å². The quantitative estimate of drug-likeness (QED) is 0.492. The van der Waals surface area contributed by atoms with Gasteiger partial charge in [-0.05, 0) is 55.9 Å². The molecule has 1 aromatic heterocycles. The molecule has 2 aromatic carbocycles. The zero-order valence-electron chi connectivity index (χ0n) is 21.4. The van der Waals surface area contributed by atoms with Gasteiger partial charge >= 0.3 is 5.69 Å². The summed E-state index contributed by atoms with van der Waals surface area (Å²) in [4.78, 5) is 41.6. The molecule has 1 amide bonds. The van der Waals surface area contributed by atoms with Gasteiger partial charge in [-0.2, -0.15) is 0 Å². The number of ether oxygens (including phenoxy) is 2. The average Bonchev–Trinajstić information content (AvgIpc) is 2.86. The van der Waals surface area contributed by atoms with Gasteiger partial charge in [-0.3, -0.25) is 14.2 Å².